The zero-order chi connectivity index (χ0) is 26.9. The Bertz CT molecular complexity index is 1250. The van der Waals surface area contributed by atoms with Gasteiger partial charge in [-0.3, -0.25) is 9.80 Å². The number of imidazole rings is 1. The molecule has 10 nitrogen and oxygen atoms in total. The second-order valence-corrected chi connectivity index (χ2v) is 13.3. The van der Waals surface area contributed by atoms with Gasteiger partial charge >= 0.3 is 12.1 Å². The number of carbonyl (C=O) groups excluding carboxylic acids is 1. The maximum atomic E-state index is 14.3. The number of piperazine rings is 1. The van der Waals surface area contributed by atoms with Gasteiger partial charge in [0.15, 0.2) is 11.5 Å². The van der Waals surface area contributed by atoms with Crippen LogP contribution < -0.4 is 9.64 Å². The Hall–Kier alpha value is -2.69. The van der Waals surface area contributed by atoms with Crippen LogP contribution in [-0.2, 0) is 4.74 Å². The summed E-state index contributed by atoms with van der Waals surface area (Å²) < 4.78 is 28.6. The van der Waals surface area contributed by atoms with Gasteiger partial charge in [-0.05, 0) is 72.3 Å². The second kappa shape index (κ2) is 9.17. The van der Waals surface area contributed by atoms with Crippen molar-refractivity contribution in [2.75, 3.05) is 37.7 Å². The van der Waals surface area contributed by atoms with E-state index in [9.17, 15) is 9.18 Å². The number of amides is 1. The van der Waals surface area contributed by atoms with E-state index in [1.165, 1.54) is 6.42 Å². The minimum Gasteiger partial charge on any atom is -0.461 e. The molecule has 4 atom stereocenters. The van der Waals surface area contributed by atoms with Gasteiger partial charge < -0.3 is 18.9 Å². The number of alkyl halides is 1. The van der Waals surface area contributed by atoms with E-state index in [0.717, 1.165) is 56.4 Å². The first-order chi connectivity index (χ1) is 18.7. The van der Waals surface area contributed by atoms with Crippen LogP contribution in [0.15, 0.2) is 6.33 Å². The van der Waals surface area contributed by atoms with Crippen molar-refractivity contribution < 1.29 is 18.7 Å². The third-order valence-electron chi connectivity index (χ3n) is 9.47. The van der Waals surface area contributed by atoms with Crippen LogP contribution in [0.5, 0.6) is 6.01 Å². The number of ether oxygens (including phenoxy) is 2. The standard InChI is InChI=1S/C28H40FN7O3/c1-27(2,3)39-26(37)36-20-8-9-21(36)15-33(14-20)24-22-23(30-17-35(22)19-6-4-7-19)31-25(32-24)38-16-28-10-5-11-34(28)13-18(29)12-28/h17-21H,4-16H2,1-3H3/t18-,20?,21?,28+/m1/s1. The number of hydrogen-bond acceptors (Lipinski definition) is 8. The number of carbonyl (C=O) groups is 1. The molecule has 1 amide bonds. The summed E-state index contributed by atoms with van der Waals surface area (Å²) in [5, 5.41) is 0. The summed E-state index contributed by atoms with van der Waals surface area (Å²) in [6.45, 7) is 8.89. The monoisotopic (exact) mass is 541 g/mol. The van der Waals surface area contributed by atoms with Crippen molar-refractivity contribution in [2.45, 2.75) is 108 Å². The fraction of sp³-hybridized carbons (Fsp3) is 0.786. The van der Waals surface area contributed by atoms with Crippen molar-refractivity contribution in [2.24, 2.45) is 0 Å². The molecule has 2 aromatic rings. The summed E-state index contributed by atoms with van der Waals surface area (Å²) in [4.78, 5) is 34.0. The molecule has 0 N–H and O–H groups in total. The van der Waals surface area contributed by atoms with Crippen LogP contribution in [0.1, 0.15) is 78.2 Å². The molecule has 4 saturated heterocycles. The van der Waals surface area contributed by atoms with Crippen LogP contribution in [-0.4, -0.2) is 97.6 Å². The van der Waals surface area contributed by atoms with Crippen molar-refractivity contribution in [3.63, 3.8) is 0 Å². The molecule has 7 rings (SSSR count). The molecule has 1 saturated carbocycles. The van der Waals surface area contributed by atoms with E-state index in [4.69, 9.17) is 19.4 Å². The SMILES string of the molecule is CC(C)(C)OC(=O)N1C2CCC1CN(c1nc(OC[C@@]34CCCN3C[C@H](F)C4)nc3ncn(C4CCC4)c13)C2. The Morgan fingerprint density at radius 1 is 1.08 bits per heavy atom. The average Bonchev–Trinajstić information content (AvgIpc) is 3.56. The topological polar surface area (TPSA) is 88.8 Å². The third kappa shape index (κ3) is 4.40. The van der Waals surface area contributed by atoms with Gasteiger partial charge in [0.1, 0.15) is 23.9 Å². The summed E-state index contributed by atoms with van der Waals surface area (Å²) in [6, 6.07) is 0.856. The molecule has 5 aliphatic rings. The molecular formula is C28H40FN7O3. The van der Waals surface area contributed by atoms with Gasteiger partial charge in [0, 0.05) is 32.1 Å². The highest BCUT2D eigenvalue weighted by Crippen LogP contribution is 2.42. The lowest BCUT2D eigenvalue weighted by Crippen LogP contribution is -2.57. The first-order valence-corrected chi connectivity index (χ1v) is 14.7. The molecule has 0 radical (unpaired) electrons. The molecule has 4 aliphatic heterocycles. The van der Waals surface area contributed by atoms with Gasteiger partial charge in [0.25, 0.3) is 0 Å². The fourth-order valence-corrected chi connectivity index (χ4v) is 7.47. The van der Waals surface area contributed by atoms with Crippen LogP contribution in [0.2, 0.25) is 0 Å². The molecule has 5 fully saturated rings. The molecule has 6 heterocycles. The van der Waals surface area contributed by atoms with Crippen LogP contribution in [0.3, 0.4) is 0 Å². The Balaban J connectivity index is 1.18. The van der Waals surface area contributed by atoms with Gasteiger partial charge in [0.2, 0.25) is 0 Å². The van der Waals surface area contributed by atoms with E-state index < -0.39 is 11.8 Å². The Morgan fingerprint density at radius 3 is 2.54 bits per heavy atom. The third-order valence-corrected chi connectivity index (χ3v) is 9.47. The summed E-state index contributed by atoms with van der Waals surface area (Å²) in [6.07, 6.45) is 8.75. The van der Waals surface area contributed by atoms with E-state index in [2.05, 4.69) is 19.4 Å². The molecule has 0 spiro atoms. The predicted molar refractivity (Wildman–Crippen MR) is 144 cm³/mol. The number of rotatable bonds is 5. The van der Waals surface area contributed by atoms with Crippen LogP contribution in [0.4, 0.5) is 15.0 Å². The molecule has 2 unspecified atom stereocenters. The van der Waals surface area contributed by atoms with E-state index >= 15 is 0 Å². The summed E-state index contributed by atoms with van der Waals surface area (Å²) >= 11 is 0. The number of halogens is 1. The van der Waals surface area contributed by atoms with Crippen molar-refractivity contribution in [1.82, 2.24) is 29.3 Å². The molecule has 0 aromatic carbocycles. The minimum atomic E-state index is -0.803. The van der Waals surface area contributed by atoms with Gasteiger partial charge in [-0.1, -0.05) is 0 Å². The number of anilines is 1. The lowest BCUT2D eigenvalue weighted by molar-refractivity contribution is 0.0122. The first-order valence-electron chi connectivity index (χ1n) is 14.7. The van der Waals surface area contributed by atoms with E-state index in [0.29, 0.717) is 50.4 Å². The molecule has 1 aliphatic carbocycles. The highest BCUT2D eigenvalue weighted by Gasteiger charge is 2.50. The highest BCUT2D eigenvalue weighted by molar-refractivity contribution is 5.85. The largest absolute Gasteiger partial charge is 0.461 e. The molecule has 39 heavy (non-hydrogen) atoms. The van der Waals surface area contributed by atoms with Gasteiger partial charge in [-0.25, -0.2) is 14.2 Å². The maximum absolute atomic E-state index is 14.3. The molecule has 2 bridgehead atoms. The zero-order valence-corrected chi connectivity index (χ0v) is 23.3. The molecule has 11 heteroatoms. The van der Waals surface area contributed by atoms with Crippen LogP contribution in [0, 0.1) is 0 Å². The smallest absolute Gasteiger partial charge is 0.410 e. The summed E-state index contributed by atoms with van der Waals surface area (Å²) in [7, 11) is 0. The van der Waals surface area contributed by atoms with E-state index in [1.807, 2.05) is 32.0 Å². The molecular weight excluding hydrogens is 501 g/mol. The van der Waals surface area contributed by atoms with E-state index in [1.54, 1.807) is 0 Å². The van der Waals surface area contributed by atoms with Gasteiger partial charge in [-0.2, -0.15) is 9.97 Å². The number of hydrogen-bond donors (Lipinski definition) is 0. The van der Waals surface area contributed by atoms with E-state index in [-0.39, 0.29) is 23.7 Å². The molecule has 212 valence electrons. The Kier molecular flexibility index (Phi) is 5.95. The number of fused-ring (bicyclic) bond motifs is 4. The minimum absolute atomic E-state index is 0.0685. The van der Waals surface area contributed by atoms with Crippen molar-refractivity contribution in [1.29, 1.82) is 0 Å². The van der Waals surface area contributed by atoms with Gasteiger partial charge in [-0.15, -0.1) is 0 Å². The van der Waals surface area contributed by atoms with Crippen LogP contribution >= 0.6 is 0 Å². The first kappa shape index (κ1) is 25.3. The normalized spacial score (nSPS) is 31.1. The predicted octanol–water partition coefficient (Wildman–Crippen LogP) is 4.09. The van der Waals surface area contributed by atoms with Crippen molar-refractivity contribution in [3.05, 3.63) is 6.33 Å². The second-order valence-electron chi connectivity index (χ2n) is 13.3. The maximum Gasteiger partial charge on any atom is 0.410 e. The number of aromatic nitrogens is 4. The average molecular weight is 542 g/mol. The quantitative estimate of drug-likeness (QED) is 0.559. The van der Waals surface area contributed by atoms with Gasteiger partial charge in [0.05, 0.1) is 23.9 Å². The number of nitrogens with zero attached hydrogens (tertiary/aromatic N) is 7. The van der Waals surface area contributed by atoms with Crippen molar-refractivity contribution >= 4 is 23.1 Å². The van der Waals surface area contributed by atoms with Crippen LogP contribution in [0.25, 0.3) is 11.2 Å². The highest BCUT2D eigenvalue weighted by atomic mass is 19.1. The Labute approximate surface area is 228 Å². The Morgan fingerprint density at radius 2 is 1.85 bits per heavy atom. The lowest BCUT2D eigenvalue weighted by atomic mass is 9.93. The fourth-order valence-electron chi connectivity index (χ4n) is 7.47. The molecule has 2 aromatic heterocycles. The summed E-state index contributed by atoms with van der Waals surface area (Å²) in [5.41, 5.74) is 0.799. The zero-order valence-electron chi connectivity index (χ0n) is 23.3. The lowest BCUT2D eigenvalue weighted by Gasteiger charge is -2.42. The van der Waals surface area contributed by atoms with Crippen molar-refractivity contribution in [3.8, 4) is 6.01 Å². The summed E-state index contributed by atoms with van der Waals surface area (Å²) in [5.74, 6) is 0.829.